The SMILES string of the molecule is CCCCCCCCCCCCCCCC[N+](C)(O)C(C)C.[O-][Cl+3]([O-])([O-])[O-]. The highest BCUT2D eigenvalue weighted by molar-refractivity contribution is 4.49. The van der Waals surface area contributed by atoms with Crippen molar-refractivity contribution in [2.75, 3.05) is 13.6 Å². The van der Waals surface area contributed by atoms with Crippen LogP contribution < -0.4 is 18.6 Å². The molecule has 0 heterocycles. The Morgan fingerprint density at radius 3 is 1.19 bits per heavy atom. The van der Waals surface area contributed by atoms with Crippen LogP contribution in [0.4, 0.5) is 0 Å². The molecule has 0 radical (unpaired) electrons. The molecule has 0 aromatic rings. The fourth-order valence-electron chi connectivity index (χ4n) is 2.88. The first-order chi connectivity index (χ1) is 12.5. The van der Waals surface area contributed by atoms with Crippen LogP contribution in [0.2, 0.25) is 0 Å². The molecule has 0 spiro atoms. The third-order valence-electron chi connectivity index (χ3n) is 5.08. The summed E-state index contributed by atoms with van der Waals surface area (Å²) in [5, 5.41) is 10.1. The number of quaternary nitrogens is 1. The highest BCUT2D eigenvalue weighted by Crippen LogP contribution is 2.14. The second kappa shape index (κ2) is 18.1. The fourth-order valence-corrected chi connectivity index (χ4v) is 2.88. The lowest BCUT2D eigenvalue weighted by Crippen LogP contribution is -2.68. The summed E-state index contributed by atoms with van der Waals surface area (Å²) in [5.41, 5.74) is 0. The molecule has 0 amide bonds. The van der Waals surface area contributed by atoms with Crippen LogP contribution in [0.15, 0.2) is 0 Å². The largest absolute Gasteiger partial charge is 0.222 e. The van der Waals surface area contributed by atoms with E-state index >= 15 is 0 Å². The van der Waals surface area contributed by atoms with E-state index in [1.165, 1.54) is 83.5 Å². The van der Waals surface area contributed by atoms with Gasteiger partial charge in [0, 0.05) is 0 Å². The average Bonchev–Trinajstić information content (AvgIpc) is 2.53. The Kier molecular flexibility index (Phi) is 19.6. The van der Waals surface area contributed by atoms with Gasteiger partial charge in [-0.3, -0.25) is 0 Å². The first kappa shape index (κ1) is 29.3. The summed E-state index contributed by atoms with van der Waals surface area (Å²) >= 11 is 0. The van der Waals surface area contributed by atoms with Crippen molar-refractivity contribution >= 4 is 0 Å². The van der Waals surface area contributed by atoms with Gasteiger partial charge in [-0.1, -0.05) is 84.0 Å². The summed E-state index contributed by atoms with van der Waals surface area (Å²) in [6.07, 6.45) is 19.4. The Bertz CT molecular complexity index is 303. The van der Waals surface area contributed by atoms with Gasteiger partial charge in [0.2, 0.25) is 0 Å². The number of nitrogens with zero attached hydrogens (tertiary/aromatic N) is 1. The molecule has 0 aliphatic carbocycles. The smallest absolute Gasteiger partial charge is 0.113 e. The highest BCUT2D eigenvalue weighted by atomic mass is 35.7. The van der Waals surface area contributed by atoms with Gasteiger partial charge in [0.05, 0.1) is 7.05 Å². The van der Waals surface area contributed by atoms with E-state index in [4.69, 9.17) is 18.6 Å². The van der Waals surface area contributed by atoms with Crippen LogP contribution in [0.5, 0.6) is 0 Å². The second-order valence-corrected chi connectivity index (χ2v) is 8.76. The topological polar surface area (TPSA) is 112 Å². The first-order valence-corrected chi connectivity index (χ1v) is 11.9. The van der Waals surface area contributed by atoms with Gasteiger partial charge in [0.1, 0.15) is 12.6 Å². The van der Waals surface area contributed by atoms with Crippen molar-refractivity contribution in [1.82, 2.24) is 0 Å². The molecule has 166 valence electrons. The molecule has 1 unspecified atom stereocenters. The molecule has 0 rings (SSSR count). The van der Waals surface area contributed by atoms with E-state index < -0.39 is 10.2 Å². The lowest BCUT2D eigenvalue weighted by atomic mass is 10.0. The van der Waals surface area contributed by atoms with Crippen molar-refractivity contribution in [3.63, 3.8) is 0 Å². The van der Waals surface area contributed by atoms with Gasteiger partial charge in [-0.2, -0.15) is 4.65 Å². The molecule has 0 aliphatic heterocycles. The van der Waals surface area contributed by atoms with Crippen molar-refractivity contribution in [2.24, 2.45) is 0 Å². The molecule has 0 aromatic carbocycles. The minimum absolute atomic E-state index is 0.179. The molecule has 1 N–H and O–H groups in total. The van der Waals surface area contributed by atoms with Crippen LogP contribution in [0.3, 0.4) is 0 Å². The molecule has 0 saturated heterocycles. The standard InChI is InChI=1S/C20H44NO.ClHO4/c1-5-6-7-8-9-10-11-12-13-14-15-16-17-18-19-21(4,22)20(2)3;2-1(3,4)5/h20,22H,5-19H2,1-4H3;(H,2,3,4,5)/q+1;/p-1. The van der Waals surface area contributed by atoms with Crippen LogP contribution in [0.1, 0.15) is 111 Å². The fraction of sp³-hybridized carbons (Fsp3) is 1.00. The molecule has 27 heavy (non-hydrogen) atoms. The van der Waals surface area contributed by atoms with E-state index in [-0.39, 0.29) is 4.65 Å². The third kappa shape index (κ3) is 28.4. The molecular weight excluding hydrogens is 370 g/mol. The summed E-state index contributed by atoms with van der Waals surface area (Å²) < 4.78 is 34.2. The molecule has 6 nitrogen and oxygen atoms in total. The van der Waals surface area contributed by atoms with Crippen molar-refractivity contribution in [3.05, 3.63) is 0 Å². The molecule has 0 fully saturated rings. The maximum absolute atomic E-state index is 10.1. The van der Waals surface area contributed by atoms with Crippen LogP contribution in [-0.4, -0.2) is 29.5 Å². The molecular formula is C20H44ClNO5. The van der Waals surface area contributed by atoms with Gasteiger partial charge in [-0.15, -0.1) is 10.2 Å². The lowest BCUT2D eigenvalue weighted by Gasteiger charge is -2.29. The zero-order valence-electron chi connectivity index (χ0n) is 18.1. The average molecular weight is 414 g/mol. The maximum Gasteiger partial charge on any atom is 0.113 e. The molecule has 0 aliphatic rings. The van der Waals surface area contributed by atoms with E-state index in [0.29, 0.717) is 6.04 Å². The third-order valence-corrected chi connectivity index (χ3v) is 5.08. The van der Waals surface area contributed by atoms with Gasteiger partial charge in [-0.05, 0) is 26.7 Å². The Morgan fingerprint density at radius 1 is 0.667 bits per heavy atom. The summed E-state index contributed by atoms with van der Waals surface area (Å²) in [4.78, 5) is 0. The Hall–Kier alpha value is 0.0500. The lowest BCUT2D eigenvalue weighted by molar-refractivity contribution is -2.00. The molecule has 0 aromatic heterocycles. The Balaban J connectivity index is 0. The molecule has 0 saturated carbocycles. The summed E-state index contributed by atoms with van der Waals surface area (Å²) in [6.45, 7) is 7.36. The number of hydrogen-bond acceptors (Lipinski definition) is 5. The minimum Gasteiger partial charge on any atom is -0.222 e. The molecule has 1 atom stereocenters. The van der Waals surface area contributed by atoms with Gasteiger partial charge >= 0.3 is 0 Å². The maximum atomic E-state index is 10.1. The van der Waals surface area contributed by atoms with Crippen molar-refractivity contribution in [2.45, 2.75) is 117 Å². The predicted octanol–water partition coefficient (Wildman–Crippen LogP) is 1.96. The second-order valence-electron chi connectivity index (χ2n) is 8.01. The van der Waals surface area contributed by atoms with Crippen molar-refractivity contribution < 1.29 is 38.7 Å². The summed E-state index contributed by atoms with van der Waals surface area (Å²) in [6, 6.07) is 0.307. The van der Waals surface area contributed by atoms with Crippen molar-refractivity contribution in [1.29, 1.82) is 0 Å². The minimum atomic E-state index is -4.94. The number of halogens is 1. The van der Waals surface area contributed by atoms with Crippen molar-refractivity contribution in [3.8, 4) is 0 Å². The molecule has 0 bridgehead atoms. The monoisotopic (exact) mass is 413 g/mol. The number of rotatable bonds is 16. The van der Waals surface area contributed by atoms with Gasteiger partial charge < -0.3 is 0 Å². The quantitative estimate of drug-likeness (QED) is 0.236. The first-order valence-electron chi connectivity index (χ1n) is 10.7. The van der Waals surface area contributed by atoms with Gasteiger partial charge in [-0.25, -0.2) is 23.8 Å². The van der Waals surface area contributed by atoms with E-state index in [9.17, 15) is 5.21 Å². The highest BCUT2D eigenvalue weighted by Gasteiger charge is 2.22. The summed E-state index contributed by atoms with van der Waals surface area (Å²) in [5.74, 6) is 0. The van der Waals surface area contributed by atoms with Crippen LogP contribution in [0, 0.1) is 10.2 Å². The predicted molar refractivity (Wildman–Crippen MR) is 98.3 cm³/mol. The Morgan fingerprint density at radius 2 is 0.926 bits per heavy atom. The Labute approximate surface area is 169 Å². The zero-order chi connectivity index (χ0) is 21.2. The zero-order valence-corrected chi connectivity index (χ0v) is 18.8. The number of hydroxylamine groups is 3. The van der Waals surface area contributed by atoms with Crippen LogP contribution in [-0.2, 0) is 0 Å². The van der Waals surface area contributed by atoms with E-state index in [1.807, 2.05) is 7.05 Å². The number of unbranched alkanes of at least 4 members (excludes halogenated alkanes) is 13. The van der Waals surface area contributed by atoms with E-state index in [2.05, 4.69) is 20.8 Å². The number of hydrogen-bond donors (Lipinski definition) is 1. The molecule has 7 heteroatoms. The summed E-state index contributed by atoms with van der Waals surface area (Å²) in [7, 11) is -3.02. The van der Waals surface area contributed by atoms with Gasteiger partial charge in [0.15, 0.2) is 0 Å². The normalized spacial score (nSPS) is 14.0. The van der Waals surface area contributed by atoms with E-state index in [1.54, 1.807) is 0 Å². The van der Waals surface area contributed by atoms with Crippen LogP contribution >= 0.6 is 0 Å². The van der Waals surface area contributed by atoms with Crippen LogP contribution in [0.25, 0.3) is 0 Å². The van der Waals surface area contributed by atoms with Gasteiger partial charge in [0.25, 0.3) is 0 Å². The van der Waals surface area contributed by atoms with E-state index in [0.717, 1.165) is 13.0 Å².